The molecule has 2 fully saturated rings. The predicted molar refractivity (Wildman–Crippen MR) is 113 cm³/mol. The number of halogens is 1. The van der Waals surface area contributed by atoms with Crippen LogP contribution in [0.15, 0.2) is 24.3 Å². The van der Waals surface area contributed by atoms with Crippen molar-refractivity contribution in [1.29, 1.82) is 0 Å². The lowest BCUT2D eigenvalue weighted by atomic mass is 9.93. The molecule has 1 atom stereocenters. The second kappa shape index (κ2) is 8.62. The van der Waals surface area contributed by atoms with Crippen LogP contribution >= 0.6 is 11.6 Å². The van der Waals surface area contributed by atoms with E-state index >= 15 is 0 Å². The molecule has 2 aliphatic rings. The van der Waals surface area contributed by atoms with Crippen LogP contribution in [0.4, 0.5) is 5.69 Å². The molecule has 1 aromatic rings. The maximum Gasteiger partial charge on any atom is 0.247 e. The van der Waals surface area contributed by atoms with Gasteiger partial charge in [-0.2, -0.15) is 4.31 Å². The lowest BCUT2D eigenvalue weighted by molar-refractivity contribution is -0.133. The van der Waals surface area contributed by atoms with Gasteiger partial charge in [0.2, 0.25) is 21.8 Å². The number of rotatable bonds is 4. The second-order valence-corrected chi connectivity index (χ2v) is 10.6. The predicted octanol–water partition coefficient (Wildman–Crippen LogP) is 2.55. The van der Waals surface area contributed by atoms with Crippen molar-refractivity contribution in [2.45, 2.75) is 57.0 Å². The van der Waals surface area contributed by atoms with Crippen LogP contribution in [0.25, 0.3) is 0 Å². The van der Waals surface area contributed by atoms with Crippen molar-refractivity contribution in [2.24, 2.45) is 0 Å². The number of hydrogen-bond donors (Lipinski definition) is 1. The fourth-order valence-corrected chi connectivity index (χ4v) is 5.12. The molecule has 0 radical (unpaired) electrons. The standard InChI is InChI=1S/C20H28ClN3O4S/c1-20(19(26)22-16-7-5-3-4-6-8-16)14-23(29(2,27)28)13-18(25)24(20)17-11-9-15(21)10-12-17/h9-12,16H,3-8,13-14H2,1-2H3,(H,22,26)/t20-/m1/s1. The summed E-state index contributed by atoms with van der Waals surface area (Å²) in [6.07, 6.45) is 7.26. The fourth-order valence-electron chi connectivity index (χ4n) is 4.16. The summed E-state index contributed by atoms with van der Waals surface area (Å²) in [7, 11) is -3.63. The van der Waals surface area contributed by atoms with Crippen LogP contribution in [0.3, 0.4) is 0 Å². The third-order valence-electron chi connectivity index (χ3n) is 5.77. The van der Waals surface area contributed by atoms with Crippen molar-refractivity contribution < 1.29 is 18.0 Å². The summed E-state index contributed by atoms with van der Waals surface area (Å²) < 4.78 is 25.4. The maximum absolute atomic E-state index is 13.4. The number of carbonyl (C=O) groups excluding carboxylic acids is 2. The van der Waals surface area contributed by atoms with E-state index in [1.807, 2.05) is 0 Å². The van der Waals surface area contributed by atoms with Crippen LogP contribution in [0.2, 0.25) is 5.02 Å². The van der Waals surface area contributed by atoms with Crippen molar-refractivity contribution in [3.8, 4) is 0 Å². The summed E-state index contributed by atoms with van der Waals surface area (Å²) in [5.74, 6) is -0.774. The summed E-state index contributed by atoms with van der Waals surface area (Å²) in [5.41, 5.74) is -0.843. The molecule has 7 nitrogen and oxygen atoms in total. The molecule has 1 saturated carbocycles. The highest BCUT2D eigenvalue weighted by atomic mass is 35.5. The third kappa shape index (κ3) is 4.92. The summed E-state index contributed by atoms with van der Waals surface area (Å²) in [6, 6.07) is 6.69. The number of benzene rings is 1. The minimum atomic E-state index is -3.63. The van der Waals surface area contributed by atoms with Gasteiger partial charge in [-0.1, -0.05) is 37.3 Å². The SMILES string of the molecule is C[C@]1(C(=O)NC2CCCCCC2)CN(S(C)(=O)=O)CC(=O)N1c1ccc(Cl)cc1. The van der Waals surface area contributed by atoms with Gasteiger partial charge >= 0.3 is 0 Å². The smallest absolute Gasteiger partial charge is 0.247 e. The van der Waals surface area contributed by atoms with E-state index in [9.17, 15) is 18.0 Å². The highest BCUT2D eigenvalue weighted by molar-refractivity contribution is 7.88. The molecule has 1 saturated heterocycles. The van der Waals surface area contributed by atoms with Crippen molar-refractivity contribution in [1.82, 2.24) is 9.62 Å². The lowest BCUT2D eigenvalue weighted by Crippen LogP contribution is -2.70. The third-order valence-corrected chi connectivity index (χ3v) is 7.22. The van der Waals surface area contributed by atoms with Crippen molar-refractivity contribution in [3.63, 3.8) is 0 Å². The Morgan fingerprint density at radius 2 is 1.72 bits per heavy atom. The van der Waals surface area contributed by atoms with Gasteiger partial charge in [-0.15, -0.1) is 0 Å². The van der Waals surface area contributed by atoms with Gasteiger partial charge in [-0.05, 0) is 44.0 Å². The molecule has 0 aromatic heterocycles. The van der Waals surface area contributed by atoms with Crippen molar-refractivity contribution in [3.05, 3.63) is 29.3 Å². The van der Waals surface area contributed by atoms with E-state index in [1.165, 1.54) is 4.90 Å². The Kier molecular flexibility index (Phi) is 6.55. The normalized spacial score (nSPS) is 24.9. The number of nitrogens with zero attached hydrogens (tertiary/aromatic N) is 2. The molecule has 1 aliphatic heterocycles. The van der Waals surface area contributed by atoms with Crippen molar-refractivity contribution >= 4 is 39.1 Å². The molecule has 0 spiro atoms. The lowest BCUT2D eigenvalue weighted by Gasteiger charge is -2.47. The first-order chi connectivity index (χ1) is 13.6. The molecule has 9 heteroatoms. The van der Waals surface area contributed by atoms with Gasteiger partial charge in [-0.3, -0.25) is 14.5 Å². The van der Waals surface area contributed by atoms with Gasteiger partial charge in [0.05, 0.1) is 12.8 Å². The number of amides is 2. The van der Waals surface area contributed by atoms with Gasteiger partial charge in [-0.25, -0.2) is 8.42 Å². The largest absolute Gasteiger partial charge is 0.351 e. The van der Waals surface area contributed by atoms with Crippen LogP contribution in [-0.4, -0.2) is 55.5 Å². The average Bonchev–Trinajstić information content (AvgIpc) is 2.90. The first-order valence-corrected chi connectivity index (χ1v) is 12.2. The van der Waals surface area contributed by atoms with E-state index < -0.39 is 21.5 Å². The van der Waals surface area contributed by atoms with E-state index in [4.69, 9.17) is 11.6 Å². The van der Waals surface area contributed by atoms with Crippen LogP contribution in [0.5, 0.6) is 0 Å². The van der Waals surface area contributed by atoms with E-state index in [2.05, 4.69) is 5.32 Å². The topological polar surface area (TPSA) is 86.8 Å². The highest BCUT2D eigenvalue weighted by Gasteiger charge is 2.50. The molecular formula is C20H28ClN3O4S. The van der Waals surface area contributed by atoms with Gasteiger partial charge in [0.25, 0.3) is 0 Å². The maximum atomic E-state index is 13.4. The Morgan fingerprint density at radius 3 is 2.28 bits per heavy atom. The second-order valence-electron chi connectivity index (χ2n) is 8.17. The van der Waals surface area contributed by atoms with Gasteiger partial charge in [0.15, 0.2) is 0 Å². The Bertz CT molecular complexity index is 866. The van der Waals surface area contributed by atoms with Crippen LogP contribution in [0.1, 0.15) is 45.4 Å². The number of carbonyl (C=O) groups is 2. The van der Waals surface area contributed by atoms with E-state index in [-0.39, 0.29) is 25.0 Å². The number of sulfonamides is 1. The monoisotopic (exact) mass is 441 g/mol. The Balaban J connectivity index is 1.95. The van der Waals surface area contributed by atoms with Crippen molar-refractivity contribution in [2.75, 3.05) is 24.2 Å². The van der Waals surface area contributed by atoms with E-state index in [1.54, 1.807) is 31.2 Å². The Hall–Kier alpha value is -1.64. The van der Waals surface area contributed by atoms with Gasteiger partial charge in [0, 0.05) is 23.3 Å². The molecule has 3 rings (SSSR count). The molecule has 0 bridgehead atoms. The molecular weight excluding hydrogens is 414 g/mol. The summed E-state index contributed by atoms with van der Waals surface area (Å²) in [5, 5.41) is 3.61. The fraction of sp³-hybridized carbons (Fsp3) is 0.600. The number of nitrogens with one attached hydrogen (secondary N) is 1. The van der Waals surface area contributed by atoms with Crippen LogP contribution in [0, 0.1) is 0 Å². The first-order valence-electron chi connectivity index (χ1n) is 9.96. The molecule has 1 aliphatic carbocycles. The number of anilines is 1. The zero-order valence-electron chi connectivity index (χ0n) is 16.9. The summed E-state index contributed by atoms with van der Waals surface area (Å²) in [6.45, 7) is 1.23. The van der Waals surface area contributed by atoms with Crippen LogP contribution < -0.4 is 10.2 Å². The minimum absolute atomic E-state index is 0.0394. The molecule has 29 heavy (non-hydrogen) atoms. The molecule has 1 heterocycles. The van der Waals surface area contributed by atoms with Gasteiger partial charge in [0.1, 0.15) is 5.54 Å². The average molecular weight is 442 g/mol. The highest BCUT2D eigenvalue weighted by Crippen LogP contribution is 2.32. The number of hydrogen-bond acceptors (Lipinski definition) is 4. The van der Waals surface area contributed by atoms with E-state index in [0.29, 0.717) is 10.7 Å². The summed E-state index contributed by atoms with van der Waals surface area (Å²) in [4.78, 5) is 27.8. The minimum Gasteiger partial charge on any atom is -0.351 e. The molecule has 1 aromatic carbocycles. The van der Waals surface area contributed by atoms with Crippen LogP contribution in [-0.2, 0) is 19.6 Å². The molecule has 0 unspecified atom stereocenters. The zero-order chi connectivity index (χ0) is 21.2. The quantitative estimate of drug-likeness (QED) is 0.727. The zero-order valence-corrected chi connectivity index (χ0v) is 18.4. The summed E-state index contributed by atoms with van der Waals surface area (Å²) >= 11 is 5.98. The Labute approximate surface area is 177 Å². The molecule has 2 amide bonds. The van der Waals surface area contributed by atoms with E-state index in [0.717, 1.165) is 49.1 Å². The molecule has 160 valence electrons. The first kappa shape index (κ1) is 22.1. The van der Waals surface area contributed by atoms with Gasteiger partial charge < -0.3 is 5.32 Å². The number of piperazine rings is 1. The Morgan fingerprint density at radius 1 is 1.14 bits per heavy atom. The molecule has 1 N–H and O–H groups in total.